The summed E-state index contributed by atoms with van der Waals surface area (Å²) in [4.78, 5) is -0.0605. The van der Waals surface area contributed by atoms with E-state index in [-0.39, 0.29) is 10.6 Å². The third kappa shape index (κ3) is 4.99. The van der Waals surface area contributed by atoms with E-state index in [2.05, 4.69) is 15.9 Å². The molecule has 0 aliphatic carbocycles. The molecule has 3 nitrogen and oxygen atoms in total. The Kier molecular flexibility index (Phi) is 4.80. The summed E-state index contributed by atoms with van der Waals surface area (Å²) < 4.78 is 27.3. The van der Waals surface area contributed by atoms with Crippen LogP contribution in [0, 0.1) is 0 Å². The molecule has 16 heavy (non-hydrogen) atoms. The van der Waals surface area contributed by atoms with Crippen molar-refractivity contribution in [3.8, 4) is 5.75 Å². The van der Waals surface area contributed by atoms with Gasteiger partial charge in [0.05, 0.1) is 12.9 Å². The summed E-state index contributed by atoms with van der Waals surface area (Å²) in [6.45, 7) is 0. The second kappa shape index (κ2) is 5.68. The third-order valence-electron chi connectivity index (χ3n) is 2.07. The van der Waals surface area contributed by atoms with Gasteiger partial charge in [-0.15, -0.1) is 0 Å². The minimum absolute atomic E-state index is 0.0605. The first-order chi connectivity index (χ1) is 7.40. The molecule has 1 aromatic carbocycles. The zero-order valence-electron chi connectivity index (χ0n) is 9.31. The van der Waals surface area contributed by atoms with Crippen LogP contribution in [0.4, 0.5) is 0 Å². The second-order valence-corrected chi connectivity index (χ2v) is 7.23. The summed E-state index contributed by atoms with van der Waals surface area (Å²) in [5.41, 5.74) is 1.06. The second-order valence-electron chi connectivity index (χ2n) is 3.75. The Bertz CT molecular complexity index is 442. The first-order valence-electron chi connectivity index (χ1n) is 4.85. The normalized spacial score (nSPS) is 13.4. The molecule has 0 spiro atoms. The molecule has 90 valence electrons. The van der Waals surface area contributed by atoms with E-state index in [9.17, 15) is 8.42 Å². The van der Waals surface area contributed by atoms with Crippen LogP contribution in [0.1, 0.15) is 5.56 Å². The van der Waals surface area contributed by atoms with Gasteiger partial charge in [0.1, 0.15) is 15.6 Å². The van der Waals surface area contributed by atoms with Crippen LogP contribution in [0.25, 0.3) is 0 Å². The topological polar surface area (TPSA) is 43.4 Å². The maximum absolute atomic E-state index is 11.1. The first kappa shape index (κ1) is 13.5. The summed E-state index contributed by atoms with van der Waals surface area (Å²) in [5.74, 6) is 0.932. The number of hydrogen-bond donors (Lipinski definition) is 0. The fourth-order valence-electron chi connectivity index (χ4n) is 1.44. The lowest BCUT2D eigenvalue weighted by molar-refractivity contribution is 0.414. The van der Waals surface area contributed by atoms with Gasteiger partial charge in [-0.05, 0) is 24.1 Å². The van der Waals surface area contributed by atoms with E-state index in [4.69, 9.17) is 4.74 Å². The van der Waals surface area contributed by atoms with Gasteiger partial charge in [-0.2, -0.15) is 0 Å². The molecule has 0 aliphatic heterocycles. The van der Waals surface area contributed by atoms with Gasteiger partial charge in [-0.3, -0.25) is 0 Å². The molecule has 0 saturated heterocycles. The minimum atomic E-state index is -2.94. The van der Waals surface area contributed by atoms with Crippen LogP contribution in [0.5, 0.6) is 5.75 Å². The van der Waals surface area contributed by atoms with Gasteiger partial charge in [0.25, 0.3) is 0 Å². The van der Waals surface area contributed by atoms with Crippen LogP contribution >= 0.6 is 15.9 Å². The van der Waals surface area contributed by atoms with Crippen LogP contribution in [0.3, 0.4) is 0 Å². The minimum Gasteiger partial charge on any atom is -0.497 e. The molecule has 1 unspecified atom stereocenters. The molecule has 1 atom stereocenters. The lowest BCUT2D eigenvalue weighted by atomic mass is 10.1. The third-order valence-corrected chi connectivity index (χ3v) is 4.16. The van der Waals surface area contributed by atoms with Crippen LogP contribution in [0.2, 0.25) is 0 Å². The van der Waals surface area contributed by atoms with Crippen LogP contribution in [0.15, 0.2) is 24.3 Å². The molecule has 0 bridgehead atoms. The number of hydrogen-bond acceptors (Lipinski definition) is 3. The number of benzene rings is 1. The van der Waals surface area contributed by atoms with E-state index in [1.165, 1.54) is 6.26 Å². The highest BCUT2D eigenvalue weighted by molar-refractivity contribution is 9.09. The van der Waals surface area contributed by atoms with Crippen LogP contribution in [-0.4, -0.2) is 32.4 Å². The molecular formula is C11H15BrO3S. The summed E-state index contributed by atoms with van der Waals surface area (Å²) in [6, 6.07) is 7.63. The highest BCUT2D eigenvalue weighted by Gasteiger charge is 2.12. The van der Waals surface area contributed by atoms with Crippen molar-refractivity contribution in [3.63, 3.8) is 0 Å². The Morgan fingerprint density at radius 1 is 1.44 bits per heavy atom. The van der Waals surface area contributed by atoms with E-state index < -0.39 is 9.84 Å². The zero-order valence-corrected chi connectivity index (χ0v) is 11.7. The predicted molar refractivity (Wildman–Crippen MR) is 69.1 cm³/mol. The Hall–Kier alpha value is -0.550. The Morgan fingerprint density at radius 2 is 2.12 bits per heavy atom. The molecule has 0 aliphatic rings. The molecule has 0 aromatic heterocycles. The molecule has 0 heterocycles. The van der Waals surface area contributed by atoms with Crippen molar-refractivity contribution in [2.75, 3.05) is 19.1 Å². The van der Waals surface area contributed by atoms with Crippen molar-refractivity contribution in [3.05, 3.63) is 29.8 Å². The van der Waals surface area contributed by atoms with E-state index in [1.54, 1.807) is 7.11 Å². The fraction of sp³-hybridized carbons (Fsp3) is 0.455. The van der Waals surface area contributed by atoms with Crippen molar-refractivity contribution in [1.29, 1.82) is 0 Å². The Morgan fingerprint density at radius 3 is 2.69 bits per heavy atom. The molecule has 0 saturated carbocycles. The zero-order chi connectivity index (χ0) is 12.2. The lowest BCUT2D eigenvalue weighted by Crippen LogP contribution is -2.16. The number of methoxy groups -OCH3 is 1. The van der Waals surface area contributed by atoms with Gasteiger partial charge in [0.2, 0.25) is 0 Å². The van der Waals surface area contributed by atoms with E-state index in [1.807, 2.05) is 24.3 Å². The summed E-state index contributed by atoms with van der Waals surface area (Å²) >= 11 is 3.38. The molecular weight excluding hydrogens is 292 g/mol. The molecule has 1 rings (SSSR count). The molecule has 0 fully saturated rings. The summed E-state index contributed by atoms with van der Waals surface area (Å²) in [7, 11) is -1.32. The van der Waals surface area contributed by atoms with E-state index in [0.29, 0.717) is 6.42 Å². The quantitative estimate of drug-likeness (QED) is 0.782. The lowest BCUT2D eigenvalue weighted by Gasteiger charge is -2.09. The number of alkyl halides is 1. The average molecular weight is 307 g/mol. The number of rotatable bonds is 5. The smallest absolute Gasteiger partial charge is 0.148 e. The number of halogens is 1. The van der Waals surface area contributed by atoms with Gasteiger partial charge in [0, 0.05) is 11.1 Å². The summed E-state index contributed by atoms with van der Waals surface area (Å²) in [5, 5.41) is 0. The van der Waals surface area contributed by atoms with Crippen LogP contribution < -0.4 is 4.74 Å². The molecule has 1 aromatic rings. The number of sulfone groups is 1. The molecule has 0 amide bonds. The predicted octanol–water partition coefficient (Wildman–Crippen LogP) is 2.05. The maximum atomic E-state index is 11.1. The molecule has 5 heteroatoms. The van der Waals surface area contributed by atoms with Gasteiger partial charge in [0.15, 0.2) is 0 Å². The fourth-order valence-corrected chi connectivity index (χ4v) is 4.03. The van der Waals surface area contributed by atoms with Gasteiger partial charge < -0.3 is 4.74 Å². The van der Waals surface area contributed by atoms with Crippen molar-refractivity contribution in [1.82, 2.24) is 0 Å². The standard InChI is InChI=1S/C11H15BrO3S/c1-15-11-5-3-4-9(7-11)6-10(12)8-16(2,13)14/h3-5,7,10H,6,8H2,1-2H3. The van der Waals surface area contributed by atoms with E-state index in [0.717, 1.165) is 11.3 Å². The maximum Gasteiger partial charge on any atom is 0.148 e. The first-order valence-corrected chi connectivity index (χ1v) is 7.83. The summed E-state index contributed by atoms with van der Waals surface area (Å²) in [6.07, 6.45) is 1.91. The van der Waals surface area contributed by atoms with Crippen molar-refractivity contribution in [2.24, 2.45) is 0 Å². The van der Waals surface area contributed by atoms with Gasteiger partial charge >= 0.3 is 0 Å². The molecule has 0 radical (unpaired) electrons. The SMILES string of the molecule is COc1cccc(CC(Br)CS(C)(=O)=O)c1. The van der Waals surface area contributed by atoms with Gasteiger partial charge in [-0.1, -0.05) is 28.1 Å². The number of ether oxygens (including phenoxy) is 1. The highest BCUT2D eigenvalue weighted by atomic mass is 79.9. The van der Waals surface area contributed by atoms with Crippen molar-refractivity contribution >= 4 is 25.8 Å². The van der Waals surface area contributed by atoms with Gasteiger partial charge in [-0.25, -0.2) is 8.42 Å². The largest absolute Gasteiger partial charge is 0.497 e. The highest BCUT2D eigenvalue weighted by Crippen LogP contribution is 2.17. The van der Waals surface area contributed by atoms with Crippen molar-refractivity contribution in [2.45, 2.75) is 11.2 Å². The van der Waals surface area contributed by atoms with Crippen molar-refractivity contribution < 1.29 is 13.2 Å². The Balaban J connectivity index is 2.65. The monoisotopic (exact) mass is 306 g/mol. The average Bonchev–Trinajstić information content (AvgIpc) is 2.15. The van der Waals surface area contributed by atoms with E-state index >= 15 is 0 Å². The molecule has 0 N–H and O–H groups in total. The van der Waals surface area contributed by atoms with Crippen LogP contribution in [-0.2, 0) is 16.3 Å². The Labute approximate surface area is 105 Å².